The Bertz CT molecular complexity index is 679. The van der Waals surface area contributed by atoms with Gasteiger partial charge in [0.25, 0.3) is 0 Å². The molecule has 0 spiro atoms. The van der Waals surface area contributed by atoms with Crippen molar-refractivity contribution < 1.29 is 9.53 Å². The van der Waals surface area contributed by atoms with Gasteiger partial charge in [0, 0.05) is 24.8 Å². The van der Waals surface area contributed by atoms with E-state index in [-0.39, 0.29) is 5.97 Å². The zero-order chi connectivity index (χ0) is 11.1. The first-order valence-electron chi connectivity index (χ1n) is 4.96. The number of fused-ring (bicyclic) bond motifs is 3. The van der Waals surface area contributed by atoms with Gasteiger partial charge in [0.1, 0.15) is 0 Å². The fourth-order valence-corrected chi connectivity index (χ4v) is 1.98. The number of carbonyl (C=O) groups is 1. The van der Waals surface area contributed by atoms with Gasteiger partial charge in [-0.25, -0.2) is 4.79 Å². The fraction of sp³-hybridized carbons (Fsp3) is 0.0833. The van der Waals surface area contributed by atoms with E-state index in [0.717, 1.165) is 11.0 Å². The van der Waals surface area contributed by atoms with Crippen LogP contribution in [0.2, 0.25) is 0 Å². The van der Waals surface area contributed by atoms with Crippen LogP contribution in [0.25, 0.3) is 11.0 Å². The standard InChI is InChI=1S/C12H10N2O2/c1-16-12(15)9-4-6-14-8-7-13-5-2-3-10(13)11(9)14/h2-8H,1H3. The van der Waals surface area contributed by atoms with Crippen LogP contribution in [0.5, 0.6) is 0 Å². The van der Waals surface area contributed by atoms with Crippen LogP contribution in [0, 0.1) is 0 Å². The smallest absolute Gasteiger partial charge is 0.340 e. The number of hydrogen-bond donors (Lipinski definition) is 0. The third-order valence-corrected chi connectivity index (χ3v) is 2.73. The molecule has 0 aliphatic carbocycles. The molecule has 0 amide bonds. The molecule has 0 atom stereocenters. The SMILES string of the molecule is COC(=O)c1ccn2ccn3cccc3c12. The number of ether oxygens (including phenoxy) is 1. The number of nitrogens with zero attached hydrogens (tertiary/aromatic N) is 2. The van der Waals surface area contributed by atoms with Gasteiger partial charge in [-0.15, -0.1) is 0 Å². The molecule has 0 aromatic carbocycles. The van der Waals surface area contributed by atoms with Gasteiger partial charge in [-0.1, -0.05) is 0 Å². The molecule has 0 aliphatic rings. The van der Waals surface area contributed by atoms with Gasteiger partial charge in [0.15, 0.2) is 0 Å². The molecule has 0 bridgehead atoms. The van der Waals surface area contributed by atoms with Crippen molar-refractivity contribution in [1.29, 1.82) is 0 Å². The monoisotopic (exact) mass is 214 g/mol. The Labute approximate surface area is 91.7 Å². The van der Waals surface area contributed by atoms with Crippen LogP contribution >= 0.6 is 0 Å². The van der Waals surface area contributed by atoms with E-state index in [2.05, 4.69) is 0 Å². The van der Waals surface area contributed by atoms with Crippen molar-refractivity contribution in [2.75, 3.05) is 7.11 Å². The topological polar surface area (TPSA) is 35.1 Å². The van der Waals surface area contributed by atoms with Gasteiger partial charge in [-0.05, 0) is 18.2 Å². The van der Waals surface area contributed by atoms with Crippen molar-refractivity contribution in [1.82, 2.24) is 8.80 Å². The molecule has 3 aromatic rings. The van der Waals surface area contributed by atoms with Crippen molar-refractivity contribution in [3.63, 3.8) is 0 Å². The second-order valence-electron chi connectivity index (χ2n) is 3.58. The average molecular weight is 214 g/mol. The normalized spacial score (nSPS) is 11.1. The van der Waals surface area contributed by atoms with E-state index in [1.165, 1.54) is 7.11 Å². The molecule has 3 aromatic heterocycles. The van der Waals surface area contributed by atoms with Crippen molar-refractivity contribution in [3.05, 3.63) is 48.5 Å². The predicted molar refractivity (Wildman–Crippen MR) is 59.7 cm³/mol. The summed E-state index contributed by atoms with van der Waals surface area (Å²) < 4.78 is 8.66. The summed E-state index contributed by atoms with van der Waals surface area (Å²) >= 11 is 0. The molecule has 0 saturated carbocycles. The Morgan fingerprint density at radius 1 is 1.12 bits per heavy atom. The van der Waals surface area contributed by atoms with Crippen molar-refractivity contribution in [2.45, 2.75) is 0 Å². The minimum atomic E-state index is -0.309. The van der Waals surface area contributed by atoms with E-state index in [1.807, 2.05) is 45.7 Å². The van der Waals surface area contributed by atoms with E-state index < -0.39 is 0 Å². The minimum absolute atomic E-state index is 0.309. The van der Waals surface area contributed by atoms with Crippen molar-refractivity contribution >= 4 is 17.0 Å². The molecule has 0 unspecified atom stereocenters. The predicted octanol–water partition coefficient (Wildman–Crippen LogP) is 1.98. The number of esters is 1. The second kappa shape index (κ2) is 3.13. The van der Waals surface area contributed by atoms with Gasteiger partial charge in [-0.3, -0.25) is 0 Å². The summed E-state index contributed by atoms with van der Waals surface area (Å²) in [4.78, 5) is 11.6. The Kier molecular flexibility index (Phi) is 1.77. The molecule has 4 heteroatoms. The summed E-state index contributed by atoms with van der Waals surface area (Å²) in [7, 11) is 1.39. The number of aromatic nitrogens is 2. The molecule has 4 nitrogen and oxygen atoms in total. The maximum atomic E-state index is 11.6. The average Bonchev–Trinajstić information content (AvgIpc) is 2.92. The highest BCUT2D eigenvalue weighted by molar-refractivity contribution is 6.02. The highest BCUT2D eigenvalue weighted by Crippen LogP contribution is 2.19. The lowest BCUT2D eigenvalue weighted by Crippen LogP contribution is -2.01. The van der Waals surface area contributed by atoms with E-state index in [1.54, 1.807) is 6.07 Å². The summed E-state index contributed by atoms with van der Waals surface area (Å²) in [6, 6.07) is 5.69. The largest absolute Gasteiger partial charge is 0.465 e. The molecule has 0 N–H and O–H groups in total. The molecule has 0 saturated heterocycles. The van der Waals surface area contributed by atoms with E-state index in [4.69, 9.17) is 4.74 Å². The third kappa shape index (κ3) is 1.07. The van der Waals surface area contributed by atoms with Gasteiger partial charge in [0.05, 0.1) is 23.7 Å². The quantitative estimate of drug-likeness (QED) is 0.580. The summed E-state index contributed by atoms with van der Waals surface area (Å²) in [5.41, 5.74) is 2.46. The van der Waals surface area contributed by atoms with Crippen LogP contribution in [-0.2, 0) is 4.74 Å². The molecular formula is C12H10N2O2. The van der Waals surface area contributed by atoms with Gasteiger partial charge in [-0.2, -0.15) is 0 Å². The molecule has 16 heavy (non-hydrogen) atoms. The highest BCUT2D eigenvalue weighted by Gasteiger charge is 2.13. The van der Waals surface area contributed by atoms with Crippen LogP contribution in [0.1, 0.15) is 10.4 Å². The Morgan fingerprint density at radius 2 is 1.94 bits per heavy atom. The van der Waals surface area contributed by atoms with Gasteiger partial charge in [0.2, 0.25) is 0 Å². The first-order chi connectivity index (χ1) is 7.81. The lowest BCUT2D eigenvalue weighted by molar-refractivity contribution is 0.0603. The molecule has 3 heterocycles. The maximum absolute atomic E-state index is 11.6. The van der Waals surface area contributed by atoms with Crippen LogP contribution in [-0.4, -0.2) is 21.9 Å². The summed E-state index contributed by atoms with van der Waals surface area (Å²) in [6.45, 7) is 0. The lowest BCUT2D eigenvalue weighted by Gasteiger charge is -2.02. The van der Waals surface area contributed by atoms with Crippen LogP contribution in [0.3, 0.4) is 0 Å². The summed E-state index contributed by atoms with van der Waals surface area (Å²) in [5, 5.41) is 0. The van der Waals surface area contributed by atoms with E-state index >= 15 is 0 Å². The van der Waals surface area contributed by atoms with Crippen LogP contribution < -0.4 is 0 Å². The summed E-state index contributed by atoms with van der Waals surface area (Å²) in [5.74, 6) is -0.309. The minimum Gasteiger partial charge on any atom is -0.465 e. The lowest BCUT2D eigenvalue weighted by atomic mass is 10.2. The Balaban J connectivity index is 2.45. The van der Waals surface area contributed by atoms with Crippen LogP contribution in [0.15, 0.2) is 43.0 Å². The van der Waals surface area contributed by atoms with E-state index in [0.29, 0.717) is 5.56 Å². The van der Waals surface area contributed by atoms with Gasteiger partial charge < -0.3 is 13.5 Å². The maximum Gasteiger partial charge on any atom is 0.340 e. The number of hydrogen-bond acceptors (Lipinski definition) is 2. The molecule has 0 aliphatic heterocycles. The first-order valence-corrected chi connectivity index (χ1v) is 4.96. The Hall–Kier alpha value is -2.23. The molecular weight excluding hydrogens is 204 g/mol. The zero-order valence-electron chi connectivity index (χ0n) is 8.75. The number of methoxy groups -OCH3 is 1. The van der Waals surface area contributed by atoms with E-state index in [9.17, 15) is 4.79 Å². The van der Waals surface area contributed by atoms with Crippen molar-refractivity contribution in [3.8, 4) is 0 Å². The molecule has 3 rings (SSSR count). The highest BCUT2D eigenvalue weighted by atomic mass is 16.5. The third-order valence-electron chi connectivity index (χ3n) is 2.73. The van der Waals surface area contributed by atoms with Gasteiger partial charge >= 0.3 is 5.97 Å². The second-order valence-corrected chi connectivity index (χ2v) is 3.58. The molecule has 80 valence electrons. The first kappa shape index (κ1) is 9.03. The summed E-state index contributed by atoms with van der Waals surface area (Å²) in [6.07, 6.45) is 7.66. The molecule has 0 radical (unpaired) electrons. The van der Waals surface area contributed by atoms with Crippen LogP contribution in [0.4, 0.5) is 0 Å². The Morgan fingerprint density at radius 3 is 2.75 bits per heavy atom. The van der Waals surface area contributed by atoms with Crippen molar-refractivity contribution in [2.24, 2.45) is 0 Å². The fourth-order valence-electron chi connectivity index (χ4n) is 1.98. The number of rotatable bonds is 1. The molecule has 0 fully saturated rings. The number of carbonyl (C=O) groups excluding carboxylic acids is 1. The zero-order valence-corrected chi connectivity index (χ0v) is 8.75.